The first-order chi connectivity index (χ1) is 14.6. The maximum atomic E-state index is 12.8. The van der Waals surface area contributed by atoms with Gasteiger partial charge in [0.15, 0.2) is 5.69 Å². The van der Waals surface area contributed by atoms with E-state index in [4.69, 9.17) is 11.7 Å². The Labute approximate surface area is 181 Å². The number of anilines is 1. The first-order valence-electron chi connectivity index (χ1n) is 9.12. The molecule has 1 heterocycles. The van der Waals surface area contributed by atoms with Crippen LogP contribution >= 0.6 is 11.8 Å². The van der Waals surface area contributed by atoms with Gasteiger partial charge in [-0.2, -0.15) is 18.3 Å². The highest BCUT2D eigenvalue weighted by molar-refractivity contribution is 7.98. The van der Waals surface area contributed by atoms with Gasteiger partial charge in [0.2, 0.25) is 0 Å². The summed E-state index contributed by atoms with van der Waals surface area (Å²) in [6.45, 7) is 3.79. The third-order valence-electron chi connectivity index (χ3n) is 4.66. The second kappa shape index (κ2) is 9.00. The number of carbonyl (C=O) groups is 1. The molecule has 0 saturated heterocycles. The Kier molecular flexibility index (Phi) is 6.58. The van der Waals surface area contributed by atoms with Crippen LogP contribution in [0.25, 0.3) is 5.69 Å². The zero-order chi connectivity index (χ0) is 22.8. The number of hydrogen-bond acceptors (Lipinski definition) is 5. The Morgan fingerprint density at radius 1 is 1.19 bits per heavy atom. The fraction of sp³-hybridized carbons (Fsp3) is 0.200. The average molecular weight is 450 g/mol. The fourth-order valence-electron chi connectivity index (χ4n) is 2.99. The van der Waals surface area contributed by atoms with Gasteiger partial charge in [-0.1, -0.05) is 12.1 Å². The van der Waals surface area contributed by atoms with Gasteiger partial charge < -0.3 is 0 Å². The van der Waals surface area contributed by atoms with Crippen molar-refractivity contribution in [3.05, 3.63) is 71.0 Å². The number of hydrogen-bond donors (Lipinski definition) is 3. The van der Waals surface area contributed by atoms with Crippen molar-refractivity contribution in [3.63, 3.8) is 0 Å². The molecule has 3 aromatic rings. The number of rotatable bonds is 5. The molecule has 7 nitrogen and oxygen atoms in total. The summed E-state index contributed by atoms with van der Waals surface area (Å²) in [5.74, 6) is 11.6. The minimum absolute atomic E-state index is 0.522. The number of urea groups is 1. The van der Waals surface area contributed by atoms with Crippen LogP contribution in [0.1, 0.15) is 22.4 Å². The number of amides is 2. The molecule has 11 heteroatoms. The number of thioether (sulfide) groups is 1. The molecule has 31 heavy (non-hydrogen) atoms. The number of benzene rings is 2. The van der Waals surface area contributed by atoms with E-state index in [2.05, 4.69) is 5.10 Å². The number of nitrogens with two attached hydrogens (primary N) is 2. The lowest BCUT2D eigenvalue weighted by atomic mass is 10.1. The summed E-state index contributed by atoms with van der Waals surface area (Å²) >= 11 is 1.52. The van der Waals surface area contributed by atoms with E-state index in [1.54, 1.807) is 24.3 Å². The maximum Gasteiger partial charge on any atom is 0.435 e. The highest BCUT2D eigenvalue weighted by Gasteiger charge is 2.33. The molecule has 0 unspecified atom stereocenters. The van der Waals surface area contributed by atoms with E-state index >= 15 is 0 Å². The highest BCUT2D eigenvalue weighted by atomic mass is 32.2. The van der Waals surface area contributed by atoms with Crippen LogP contribution in [-0.4, -0.2) is 15.8 Å². The summed E-state index contributed by atoms with van der Waals surface area (Å²) in [6.07, 6.45) is -3.21. The van der Waals surface area contributed by atoms with E-state index in [-0.39, 0.29) is 0 Å². The Morgan fingerprint density at radius 2 is 1.94 bits per heavy atom. The number of nitrogens with one attached hydrogen (secondary N) is 1. The largest absolute Gasteiger partial charge is 0.435 e. The topological polar surface area (TPSA) is 102 Å². The van der Waals surface area contributed by atoms with Crippen LogP contribution in [0, 0.1) is 13.8 Å². The number of aromatic nitrogens is 2. The van der Waals surface area contributed by atoms with Crippen LogP contribution < -0.4 is 22.1 Å². The van der Waals surface area contributed by atoms with Gasteiger partial charge in [-0.3, -0.25) is 5.43 Å². The van der Waals surface area contributed by atoms with Gasteiger partial charge >= 0.3 is 12.2 Å². The minimum atomic E-state index is -4.49. The van der Waals surface area contributed by atoms with E-state index in [0.717, 1.165) is 32.7 Å². The Balaban J connectivity index is 1.81. The first kappa shape index (κ1) is 22.7. The van der Waals surface area contributed by atoms with Crippen LogP contribution in [0.15, 0.2) is 53.6 Å². The van der Waals surface area contributed by atoms with Crippen LogP contribution in [-0.2, 0) is 11.9 Å². The first-order valence-corrected chi connectivity index (χ1v) is 10.1. The Bertz CT molecular complexity index is 1100. The summed E-state index contributed by atoms with van der Waals surface area (Å²) in [7, 11) is 0. The van der Waals surface area contributed by atoms with Gasteiger partial charge in [0.05, 0.1) is 11.4 Å². The lowest BCUT2D eigenvalue weighted by Gasteiger charge is -2.21. The number of aryl methyl sites for hydroxylation is 2. The zero-order valence-corrected chi connectivity index (χ0v) is 17.6. The molecule has 0 saturated carbocycles. The molecule has 0 radical (unpaired) electrons. The van der Waals surface area contributed by atoms with Crippen molar-refractivity contribution in [1.82, 2.24) is 15.2 Å². The van der Waals surface area contributed by atoms with Crippen LogP contribution in [0.2, 0.25) is 0 Å². The van der Waals surface area contributed by atoms with E-state index in [1.165, 1.54) is 22.6 Å². The number of nitrogens with zero attached hydrogens (tertiary/aromatic N) is 3. The molecule has 164 valence electrons. The van der Waals surface area contributed by atoms with Crippen molar-refractivity contribution < 1.29 is 18.0 Å². The van der Waals surface area contributed by atoms with Gasteiger partial charge in [-0.05, 0) is 60.9 Å². The lowest BCUT2D eigenvalue weighted by Crippen LogP contribution is -2.48. The predicted octanol–water partition coefficient (Wildman–Crippen LogP) is 4.06. The molecular weight excluding hydrogens is 429 g/mol. The van der Waals surface area contributed by atoms with Crippen LogP contribution in [0.3, 0.4) is 0 Å². The molecule has 0 aliphatic heterocycles. The smallest absolute Gasteiger partial charge is 0.274 e. The van der Waals surface area contributed by atoms with Crippen molar-refractivity contribution in [2.45, 2.75) is 30.7 Å². The standard InChI is InChI=1S/C20H21F3N6OS/c1-12-4-3-5-16(29(25)19(30)26-24)15(12)11-31-17-7-6-14(10-13(17)2)28-9-8-18(27-28)20(21,22)23/h3-10H,11,24-25H2,1-2H3,(H,26,30). The number of hydrazine groups is 2. The second-order valence-corrected chi connectivity index (χ2v) is 7.79. The minimum Gasteiger partial charge on any atom is -0.274 e. The third-order valence-corrected chi connectivity index (χ3v) is 5.86. The zero-order valence-electron chi connectivity index (χ0n) is 16.8. The van der Waals surface area contributed by atoms with Crippen molar-refractivity contribution in [2.75, 3.05) is 5.01 Å². The van der Waals surface area contributed by atoms with Gasteiger partial charge in [-0.25, -0.2) is 26.2 Å². The van der Waals surface area contributed by atoms with E-state index in [1.807, 2.05) is 31.4 Å². The summed E-state index contributed by atoms with van der Waals surface area (Å²) in [4.78, 5) is 12.8. The number of alkyl halides is 3. The fourth-order valence-corrected chi connectivity index (χ4v) is 4.11. The molecule has 5 N–H and O–H groups in total. The van der Waals surface area contributed by atoms with Gasteiger partial charge in [-0.15, -0.1) is 11.8 Å². The molecule has 2 amide bonds. The van der Waals surface area contributed by atoms with Gasteiger partial charge in [0.1, 0.15) is 0 Å². The number of carbonyl (C=O) groups excluding carboxylic acids is 1. The molecular formula is C20H21F3N6OS. The quantitative estimate of drug-likeness (QED) is 0.235. The Morgan fingerprint density at radius 3 is 2.55 bits per heavy atom. The SMILES string of the molecule is Cc1cc(-n2ccc(C(F)(F)F)n2)ccc1SCc1c(C)cccc1N(N)C(=O)NN. The summed E-state index contributed by atoms with van der Waals surface area (Å²) in [6, 6.07) is 11.0. The van der Waals surface area contributed by atoms with Crippen molar-refractivity contribution in [1.29, 1.82) is 0 Å². The highest BCUT2D eigenvalue weighted by Crippen LogP contribution is 2.33. The van der Waals surface area contributed by atoms with Crippen LogP contribution in [0.5, 0.6) is 0 Å². The number of halogens is 3. The van der Waals surface area contributed by atoms with Crippen molar-refractivity contribution in [2.24, 2.45) is 11.7 Å². The summed E-state index contributed by atoms with van der Waals surface area (Å²) in [5.41, 5.74) is 4.82. The second-order valence-electron chi connectivity index (χ2n) is 6.77. The van der Waals surface area contributed by atoms with E-state index in [9.17, 15) is 18.0 Å². The average Bonchev–Trinajstić information content (AvgIpc) is 3.23. The van der Waals surface area contributed by atoms with Gasteiger partial charge in [0, 0.05) is 16.8 Å². The monoisotopic (exact) mass is 450 g/mol. The lowest BCUT2D eigenvalue weighted by molar-refractivity contribution is -0.141. The van der Waals surface area contributed by atoms with Crippen LogP contribution in [0.4, 0.5) is 23.7 Å². The third kappa shape index (κ3) is 5.01. The molecule has 0 fully saturated rings. The molecule has 0 spiro atoms. The van der Waals surface area contributed by atoms with E-state index < -0.39 is 17.9 Å². The molecule has 0 atom stereocenters. The molecule has 0 bridgehead atoms. The molecule has 0 aliphatic carbocycles. The maximum absolute atomic E-state index is 12.8. The summed E-state index contributed by atoms with van der Waals surface area (Å²) < 4.78 is 39.6. The molecule has 0 aliphatic rings. The molecule has 1 aromatic heterocycles. The Hall–Kier alpha value is -3.02. The van der Waals surface area contributed by atoms with Crippen molar-refractivity contribution >= 4 is 23.5 Å². The predicted molar refractivity (Wildman–Crippen MR) is 113 cm³/mol. The normalized spacial score (nSPS) is 11.5. The van der Waals surface area contributed by atoms with Gasteiger partial charge in [0.25, 0.3) is 0 Å². The molecule has 2 aromatic carbocycles. The van der Waals surface area contributed by atoms with E-state index in [0.29, 0.717) is 17.1 Å². The van der Waals surface area contributed by atoms with Crippen molar-refractivity contribution in [3.8, 4) is 5.69 Å². The molecule has 3 rings (SSSR count). The summed E-state index contributed by atoms with van der Waals surface area (Å²) in [5, 5.41) is 4.55.